The Morgan fingerprint density at radius 1 is 1.40 bits per heavy atom. The van der Waals surface area contributed by atoms with Gasteiger partial charge in [0.15, 0.2) is 0 Å². The van der Waals surface area contributed by atoms with Crippen LogP contribution in [0, 0.1) is 6.92 Å². The summed E-state index contributed by atoms with van der Waals surface area (Å²) in [4.78, 5) is 28.1. The van der Waals surface area contributed by atoms with Crippen molar-refractivity contribution in [2.45, 2.75) is 19.9 Å². The van der Waals surface area contributed by atoms with Crippen LogP contribution in [-0.4, -0.2) is 30.5 Å². The maximum absolute atomic E-state index is 12.1. The number of hydrogen-bond donors (Lipinski definition) is 3. The zero-order valence-corrected chi connectivity index (χ0v) is 15.5. The number of ether oxygens (including phenoxy) is 1. The monoisotopic (exact) mass is 382 g/mol. The minimum Gasteiger partial charge on any atom is -0.495 e. The van der Waals surface area contributed by atoms with Crippen LogP contribution in [0.5, 0.6) is 5.75 Å². The number of nitrogens with two attached hydrogens (primary N) is 1. The summed E-state index contributed by atoms with van der Waals surface area (Å²) >= 11 is 7.36. The third-order valence-electron chi connectivity index (χ3n) is 3.35. The van der Waals surface area contributed by atoms with Gasteiger partial charge in [0.2, 0.25) is 5.91 Å². The number of carbonyl (C=O) groups is 2. The number of halogens is 1. The number of benzene rings is 1. The molecular weight excluding hydrogens is 364 g/mol. The molecule has 1 aromatic carbocycles. The van der Waals surface area contributed by atoms with Gasteiger partial charge in [0.1, 0.15) is 16.5 Å². The van der Waals surface area contributed by atoms with E-state index < -0.39 is 0 Å². The first-order valence-corrected chi connectivity index (χ1v) is 8.77. The number of anilines is 1. The number of carbonyl (C=O) groups excluding carboxylic acids is 2. The van der Waals surface area contributed by atoms with Crippen molar-refractivity contribution in [1.82, 2.24) is 10.3 Å². The molecule has 1 heterocycles. The molecule has 0 atom stereocenters. The molecule has 0 saturated carbocycles. The summed E-state index contributed by atoms with van der Waals surface area (Å²) < 4.78 is 5.21. The Labute approximate surface area is 154 Å². The smallest absolute Gasteiger partial charge is 0.270 e. The number of nitrogens with one attached hydrogen (secondary N) is 2. The fourth-order valence-corrected chi connectivity index (χ4v) is 2.84. The lowest BCUT2D eigenvalue weighted by Gasteiger charge is -2.12. The van der Waals surface area contributed by atoms with Crippen LogP contribution >= 0.6 is 22.9 Å². The normalized spacial score (nSPS) is 10.4. The number of amides is 2. The zero-order valence-electron chi connectivity index (χ0n) is 13.9. The first kappa shape index (κ1) is 19.2. The van der Waals surface area contributed by atoms with Crippen molar-refractivity contribution < 1.29 is 14.3 Å². The van der Waals surface area contributed by atoms with E-state index in [2.05, 4.69) is 15.6 Å². The van der Waals surface area contributed by atoms with E-state index in [0.717, 1.165) is 5.56 Å². The third-order valence-corrected chi connectivity index (χ3v) is 4.63. The van der Waals surface area contributed by atoms with Gasteiger partial charge in [-0.2, -0.15) is 0 Å². The first-order valence-electron chi connectivity index (χ1n) is 7.51. The highest BCUT2D eigenvalue weighted by Crippen LogP contribution is 2.30. The second kappa shape index (κ2) is 8.80. The molecule has 0 saturated heterocycles. The molecular formula is C16H19ClN4O3S. The van der Waals surface area contributed by atoms with Crippen molar-refractivity contribution in [3.8, 4) is 5.75 Å². The van der Waals surface area contributed by atoms with E-state index in [0.29, 0.717) is 33.7 Å². The summed E-state index contributed by atoms with van der Waals surface area (Å²) in [5.74, 6) is -0.102. The Morgan fingerprint density at radius 3 is 2.80 bits per heavy atom. The van der Waals surface area contributed by atoms with Gasteiger partial charge in [0.05, 0.1) is 12.8 Å². The molecule has 0 aliphatic carbocycles. The number of methoxy groups -OCH3 is 1. The highest BCUT2D eigenvalue weighted by molar-refractivity contribution is 7.09. The zero-order chi connectivity index (χ0) is 18.4. The molecule has 1 aromatic heterocycles. The van der Waals surface area contributed by atoms with Crippen LogP contribution in [0.15, 0.2) is 17.5 Å². The maximum atomic E-state index is 12.1. The summed E-state index contributed by atoms with van der Waals surface area (Å²) in [6, 6.07) is 3.38. The molecule has 9 heteroatoms. The topological polar surface area (TPSA) is 106 Å². The molecule has 0 fully saturated rings. The summed E-state index contributed by atoms with van der Waals surface area (Å²) in [6.45, 7) is 2.32. The molecule has 0 aliphatic rings. The van der Waals surface area contributed by atoms with Crippen molar-refractivity contribution >= 4 is 40.4 Å². The van der Waals surface area contributed by atoms with Gasteiger partial charge in [-0.15, -0.1) is 11.3 Å². The molecule has 0 unspecified atom stereocenters. The van der Waals surface area contributed by atoms with Gasteiger partial charge in [-0.3, -0.25) is 9.59 Å². The largest absolute Gasteiger partial charge is 0.495 e. The summed E-state index contributed by atoms with van der Waals surface area (Å²) in [6.07, 6.45) is 0.116. The summed E-state index contributed by atoms with van der Waals surface area (Å²) in [5, 5.41) is 8.29. The molecule has 2 rings (SSSR count). The molecule has 0 spiro atoms. The molecule has 0 radical (unpaired) electrons. The molecule has 2 aromatic rings. The molecule has 7 nitrogen and oxygen atoms in total. The van der Waals surface area contributed by atoms with Crippen LogP contribution in [0.25, 0.3) is 0 Å². The van der Waals surface area contributed by atoms with Crippen molar-refractivity contribution in [1.29, 1.82) is 0 Å². The molecule has 2 amide bonds. The Hall–Kier alpha value is -2.16. The standard InChI is InChI=1S/C16H19ClN4O3S/c1-9-5-11(13(24-2)6-10(9)17)20-14(22)3-4-19-16(23)12-8-25-15(7-18)21-12/h5-6,8H,3-4,7,18H2,1-2H3,(H,19,23)(H,20,22). The Balaban J connectivity index is 1.87. The first-order chi connectivity index (χ1) is 11.9. The minimum absolute atomic E-state index is 0.116. The van der Waals surface area contributed by atoms with Gasteiger partial charge in [0.25, 0.3) is 5.91 Å². The Kier molecular flexibility index (Phi) is 6.74. The fraction of sp³-hybridized carbons (Fsp3) is 0.312. The third kappa shape index (κ3) is 5.15. The van der Waals surface area contributed by atoms with Gasteiger partial charge in [0, 0.05) is 36.0 Å². The lowest BCUT2D eigenvalue weighted by Crippen LogP contribution is -2.28. The number of rotatable bonds is 7. The van der Waals surface area contributed by atoms with Crippen LogP contribution in [0.1, 0.15) is 27.5 Å². The molecule has 0 bridgehead atoms. The van der Waals surface area contributed by atoms with Gasteiger partial charge >= 0.3 is 0 Å². The maximum Gasteiger partial charge on any atom is 0.270 e. The predicted octanol–water partition coefficient (Wildman–Crippen LogP) is 2.33. The number of nitrogens with zero attached hydrogens (tertiary/aromatic N) is 1. The van der Waals surface area contributed by atoms with E-state index in [-0.39, 0.29) is 24.8 Å². The number of aryl methyl sites for hydroxylation is 1. The Morgan fingerprint density at radius 2 is 2.16 bits per heavy atom. The molecule has 4 N–H and O–H groups in total. The second-order valence-corrected chi connectivity index (χ2v) is 6.54. The molecule has 134 valence electrons. The van der Waals surface area contributed by atoms with E-state index in [1.165, 1.54) is 18.4 Å². The molecule has 0 aliphatic heterocycles. The highest BCUT2D eigenvalue weighted by atomic mass is 35.5. The van der Waals surface area contributed by atoms with Crippen molar-refractivity contribution in [2.24, 2.45) is 5.73 Å². The average molecular weight is 383 g/mol. The van der Waals surface area contributed by atoms with Gasteiger partial charge in [-0.25, -0.2) is 4.98 Å². The van der Waals surface area contributed by atoms with Crippen molar-refractivity contribution in [2.75, 3.05) is 19.0 Å². The van der Waals surface area contributed by atoms with Crippen LogP contribution in [0.3, 0.4) is 0 Å². The lowest BCUT2D eigenvalue weighted by molar-refractivity contribution is -0.116. The van der Waals surface area contributed by atoms with Gasteiger partial charge in [-0.1, -0.05) is 11.6 Å². The summed E-state index contributed by atoms with van der Waals surface area (Å²) in [5.41, 5.74) is 7.13. The SMILES string of the molecule is COc1cc(Cl)c(C)cc1NC(=O)CCNC(=O)c1csc(CN)n1. The quantitative estimate of drug-likeness (QED) is 0.681. The average Bonchev–Trinajstić information content (AvgIpc) is 3.07. The Bertz CT molecular complexity index is 779. The van der Waals surface area contributed by atoms with E-state index >= 15 is 0 Å². The van der Waals surface area contributed by atoms with Crippen LogP contribution in [0.4, 0.5) is 5.69 Å². The second-order valence-electron chi connectivity index (χ2n) is 5.19. The van der Waals surface area contributed by atoms with E-state index in [1.807, 2.05) is 6.92 Å². The minimum atomic E-state index is -0.330. The predicted molar refractivity (Wildman–Crippen MR) is 98.3 cm³/mol. The van der Waals surface area contributed by atoms with Crippen LogP contribution in [-0.2, 0) is 11.3 Å². The highest BCUT2D eigenvalue weighted by Gasteiger charge is 2.12. The number of aromatic nitrogens is 1. The van der Waals surface area contributed by atoms with Crippen molar-refractivity contribution in [3.63, 3.8) is 0 Å². The number of hydrogen-bond acceptors (Lipinski definition) is 6. The van der Waals surface area contributed by atoms with Crippen molar-refractivity contribution in [3.05, 3.63) is 38.8 Å². The van der Waals surface area contributed by atoms with Crippen LogP contribution < -0.4 is 21.1 Å². The lowest BCUT2D eigenvalue weighted by atomic mass is 10.2. The fourth-order valence-electron chi connectivity index (χ4n) is 2.03. The van der Waals surface area contributed by atoms with Crippen LogP contribution in [0.2, 0.25) is 5.02 Å². The van der Waals surface area contributed by atoms with E-state index in [9.17, 15) is 9.59 Å². The number of thiazole rings is 1. The van der Waals surface area contributed by atoms with E-state index in [4.69, 9.17) is 22.1 Å². The van der Waals surface area contributed by atoms with Gasteiger partial charge in [-0.05, 0) is 18.6 Å². The van der Waals surface area contributed by atoms with Gasteiger partial charge < -0.3 is 21.1 Å². The molecule has 25 heavy (non-hydrogen) atoms. The van der Waals surface area contributed by atoms with E-state index in [1.54, 1.807) is 17.5 Å². The summed E-state index contributed by atoms with van der Waals surface area (Å²) in [7, 11) is 1.50.